The third kappa shape index (κ3) is 3.80. The minimum atomic E-state index is -4.51. The highest BCUT2D eigenvalue weighted by Gasteiger charge is 2.42. The summed E-state index contributed by atoms with van der Waals surface area (Å²) in [5.41, 5.74) is -0.960. The van der Waals surface area contributed by atoms with Gasteiger partial charge in [-0.3, -0.25) is 4.79 Å². The Bertz CT molecular complexity index is 621. The summed E-state index contributed by atoms with van der Waals surface area (Å²) >= 11 is 0. The first-order valence-corrected chi connectivity index (χ1v) is 10.7. The average Bonchev–Trinajstić information content (AvgIpc) is 2.39. The highest BCUT2D eigenvalue weighted by atomic mass is 28.4. The van der Waals surface area contributed by atoms with Crippen molar-refractivity contribution in [2.24, 2.45) is 0 Å². The van der Waals surface area contributed by atoms with Gasteiger partial charge in [0.25, 0.3) is 0 Å². The fourth-order valence-corrected chi connectivity index (χ4v) is 3.60. The van der Waals surface area contributed by atoms with E-state index < -0.39 is 20.1 Å². The van der Waals surface area contributed by atoms with E-state index >= 15 is 0 Å². The molecule has 1 saturated heterocycles. The fraction of sp³-hybridized carbons (Fsp3) is 0.625. The number of nitrogens with zero attached hydrogens (tertiary/aromatic N) is 2. The maximum Gasteiger partial charge on any atom is 0.417 e. The molecular weight excluding hydrogens is 337 g/mol. The lowest BCUT2D eigenvalue weighted by molar-refractivity contribution is -0.137. The number of hydrogen-bond donors (Lipinski definition) is 0. The van der Waals surface area contributed by atoms with Crippen LogP contribution in [-0.2, 0) is 10.6 Å². The van der Waals surface area contributed by atoms with Gasteiger partial charge in [-0.1, -0.05) is 20.8 Å². The largest absolute Gasteiger partial charge is 0.417 e. The zero-order chi connectivity index (χ0) is 18.3. The molecule has 0 spiro atoms. The molecule has 0 unspecified atom stereocenters. The molecule has 0 amide bonds. The highest BCUT2D eigenvalue weighted by Crippen LogP contribution is 2.39. The van der Waals surface area contributed by atoms with Gasteiger partial charge in [-0.25, -0.2) is 4.98 Å². The van der Waals surface area contributed by atoms with Crippen molar-refractivity contribution >= 4 is 20.4 Å². The van der Waals surface area contributed by atoms with Crippen molar-refractivity contribution in [3.63, 3.8) is 0 Å². The number of hydrogen-bond acceptors (Lipinski definition) is 4. The number of aldehydes is 1. The van der Waals surface area contributed by atoms with Gasteiger partial charge in [0.05, 0.1) is 17.2 Å². The minimum Gasteiger partial charge on any atom is -0.410 e. The molecule has 0 saturated carbocycles. The number of anilines is 1. The van der Waals surface area contributed by atoms with Gasteiger partial charge in [0.15, 0.2) is 14.6 Å². The first-order valence-electron chi connectivity index (χ1n) is 7.80. The van der Waals surface area contributed by atoms with Crippen LogP contribution in [0.3, 0.4) is 0 Å². The van der Waals surface area contributed by atoms with E-state index in [1.165, 1.54) is 0 Å². The number of carbonyl (C=O) groups is 1. The van der Waals surface area contributed by atoms with Crippen LogP contribution in [0.1, 0.15) is 36.7 Å². The summed E-state index contributed by atoms with van der Waals surface area (Å²) in [6.07, 6.45) is -3.30. The molecule has 134 valence electrons. The van der Waals surface area contributed by atoms with Crippen LogP contribution in [0.5, 0.6) is 0 Å². The van der Waals surface area contributed by atoms with Crippen LogP contribution in [0.4, 0.5) is 19.0 Å². The number of rotatable bonds is 4. The van der Waals surface area contributed by atoms with Crippen molar-refractivity contribution in [2.75, 3.05) is 18.0 Å². The molecule has 0 bridgehead atoms. The fourth-order valence-electron chi connectivity index (χ4n) is 2.26. The van der Waals surface area contributed by atoms with E-state index in [-0.39, 0.29) is 22.5 Å². The van der Waals surface area contributed by atoms with Gasteiger partial charge in [0, 0.05) is 19.3 Å². The third-order valence-corrected chi connectivity index (χ3v) is 9.30. The summed E-state index contributed by atoms with van der Waals surface area (Å²) in [4.78, 5) is 16.8. The molecule has 0 N–H and O–H groups in total. The quantitative estimate of drug-likeness (QED) is 0.598. The molecule has 0 aromatic carbocycles. The van der Waals surface area contributed by atoms with Crippen LogP contribution in [0, 0.1) is 0 Å². The monoisotopic (exact) mass is 360 g/mol. The minimum absolute atomic E-state index is 0.0227. The molecule has 2 heterocycles. The molecule has 0 radical (unpaired) electrons. The van der Waals surface area contributed by atoms with Crippen molar-refractivity contribution in [3.05, 3.63) is 23.4 Å². The van der Waals surface area contributed by atoms with Crippen molar-refractivity contribution in [3.8, 4) is 0 Å². The molecule has 0 aliphatic carbocycles. The van der Waals surface area contributed by atoms with E-state index in [0.29, 0.717) is 19.4 Å². The standard InChI is InChI=1S/C16H23F3N2O2Si/c1-15(2,3)24(4,5)23-13-8-21(9-13)14-11(10-22)6-12(7-20-14)16(17,18)19/h6-7,10,13H,8-9H2,1-5H3. The summed E-state index contributed by atoms with van der Waals surface area (Å²) < 4.78 is 44.4. The van der Waals surface area contributed by atoms with Gasteiger partial charge >= 0.3 is 6.18 Å². The summed E-state index contributed by atoms with van der Waals surface area (Å²) in [6, 6.07) is 0.845. The Balaban J connectivity index is 2.07. The maximum absolute atomic E-state index is 12.7. The molecule has 1 aromatic rings. The van der Waals surface area contributed by atoms with Crippen molar-refractivity contribution in [1.82, 2.24) is 4.98 Å². The summed E-state index contributed by atoms with van der Waals surface area (Å²) in [7, 11) is -1.89. The number of alkyl halides is 3. The molecule has 8 heteroatoms. The van der Waals surface area contributed by atoms with E-state index in [1.54, 1.807) is 4.90 Å². The Morgan fingerprint density at radius 3 is 2.33 bits per heavy atom. The second-order valence-electron chi connectivity index (χ2n) is 7.66. The topological polar surface area (TPSA) is 42.4 Å². The summed E-state index contributed by atoms with van der Waals surface area (Å²) in [5.74, 6) is 0.285. The van der Waals surface area contributed by atoms with Crippen LogP contribution >= 0.6 is 0 Å². The third-order valence-electron chi connectivity index (χ3n) is 4.76. The van der Waals surface area contributed by atoms with Gasteiger partial charge in [-0.2, -0.15) is 13.2 Å². The Hall–Kier alpha value is -1.41. The molecule has 1 fully saturated rings. The van der Waals surface area contributed by atoms with Crippen LogP contribution < -0.4 is 4.90 Å². The van der Waals surface area contributed by atoms with Crippen molar-refractivity contribution in [1.29, 1.82) is 0 Å². The van der Waals surface area contributed by atoms with E-state index in [2.05, 4.69) is 38.8 Å². The smallest absolute Gasteiger partial charge is 0.410 e. The zero-order valence-corrected chi connectivity index (χ0v) is 15.6. The highest BCUT2D eigenvalue weighted by molar-refractivity contribution is 6.74. The summed E-state index contributed by atoms with van der Waals surface area (Å²) in [6.45, 7) is 11.8. The maximum atomic E-state index is 12.7. The van der Waals surface area contributed by atoms with Gasteiger partial charge in [-0.15, -0.1) is 0 Å². The molecule has 1 aliphatic rings. The molecule has 1 aliphatic heterocycles. The van der Waals surface area contributed by atoms with E-state index in [1.807, 2.05) is 0 Å². The van der Waals surface area contributed by atoms with Crippen molar-refractivity contribution in [2.45, 2.75) is 51.2 Å². The zero-order valence-electron chi connectivity index (χ0n) is 14.6. The predicted octanol–water partition coefficient (Wildman–Crippen LogP) is 4.12. The molecular formula is C16H23F3N2O2Si. The second-order valence-corrected chi connectivity index (χ2v) is 12.4. The Morgan fingerprint density at radius 2 is 1.88 bits per heavy atom. The SMILES string of the molecule is CC(C)(C)[Si](C)(C)OC1CN(c2ncc(C(F)(F)F)cc2C=O)C1. The van der Waals surface area contributed by atoms with Crippen LogP contribution in [0.25, 0.3) is 0 Å². The Kier molecular flexibility index (Phi) is 4.84. The lowest BCUT2D eigenvalue weighted by atomic mass is 10.1. The number of carbonyl (C=O) groups excluding carboxylic acids is 1. The van der Waals surface area contributed by atoms with Gasteiger partial charge < -0.3 is 9.33 Å². The predicted molar refractivity (Wildman–Crippen MR) is 88.9 cm³/mol. The molecule has 4 nitrogen and oxygen atoms in total. The number of aromatic nitrogens is 1. The number of halogens is 3. The molecule has 0 atom stereocenters. The van der Waals surface area contributed by atoms with Gasteiger partial charge in [0.1, 0.15) is 5.82 Å². The first-order chi connectivity index (χ1) is 10.8. The molecule has 24 heavy (non-hydrogen) atoms. The summed E-state index contributed by atoms with van der Waals surface area (Å²) in [5, 5.41) is 0.0913. The van der Waals surface area contributed by atoms with Crippen LogP contribution in [0.2, 0.25) is 18.1 Å². The van der Waals surface area contributed by atoms with Crippen molar-refractivity contribution < 1.29 is 22.4 Å². The van der Waals surface area contributed by atoms with E-state index in [0.717, 1.165) is 12.3 Å². The first kappa shape index (κ1) is 18.9. The lowest BCUT2D eigenvalue weighted by Crippen LogP contribution is -2.58. The van der Waals surface area contributed by atoms with Gasteiger partial charge in [-0.05, 0) is 24.2 Å². The molecule has 2 rings (SSSR count). The van der Waals surface area contributed by atoms with E-state index in [9.17, 15) is 18.0 Å². The normalized spacial score (nSPS) is 16.9. The lowest BCUT2D eigenvalue weighted by Gasteiger charge is -2.47. The Morgan fingerprint density at radius 1 is 1.29 bits per heavy atom. The van der Waals surface area contributed by atoms with Crippen LogP contribution in [-0.4, -0.2) is 38.8 Å². The van der Waals surface area contributed by atoms with E-state index in [4.69, 9.17) is 4.43 Å². The second kappa shape index (κ2) is 6.14. The van der Waals surface area contributed by atoms with Crippen LogP contribution in [0.15, 0.2) is 12.3 Å². The average molecular weight is 360 g/mol. The molecule has 1 aromatic heterocycles. The number of pyridine rings is 1. The Labute approximate surface area is 141 Å². The van der Waals surface area contributed by atoms with Gasteiger partial charge in [0.2, 0.25) is 0 Å².